The molecule has 0 saturated heterocycles. The Kier molecular flexibility index (Phi) is 6.57. The summed E-state index contributed by atoms with van der Waals surface area (Å²) in [7, 11) is 0. The van der Waals surface area contributed by atoms with E-state index >= 15 is 0 Å². The van der Waals surface area contributed by atoms with Gasteiger partial charge in [-0.05, 0) is 12.3 Å². The minimum atomic E-state index is -0.613. The first-order chi connectivity index (χ1) is 5.20. The van der Waals surface area contributed by atoms with Gasteiger partial charge in [0.1, 0.15) is 6.23 Å². The van der Waals surface area contributed by atoms with Crippen molar-refractivity contribution in [2.45, 2.75) is 52.2 Å². The van der Waals surface area contributed by atoms with Gasteiger partial charge in [0.25, 0.3) is 0 Å². The van der Waals surface area contributed by atoms with Crippen LogP contribution in [0.2, 0.25) is 0 Å². The zero-order valence-electron chi connectivity index (χ0n) is 7.71. The van der Waals surface area contributed by atoms with E-state index in [1.54, 1.807) is 0 Å². The smallest absolute Gasteiger partial charge is 0.102 e. The Labute approximate surface area is 69.8 Å². The van der Waals surface area contributed by atoms with Crippen molar-refractivity contribution in [3.05, 3.63) is 0 Å². The van der Waals surface area contributed by atoms with Crippen LogP contribution in [0.25, 0.3) is 0 Å². The molecule has 0 spiro atoms. The summed E-state index contributed by atoms with van der Waals surface area (Å²) >= 11 is 0. The quantitative estimate of drug-likeness (QED) is 0.581. The van der Waals surface area contributed by atoms with E-state index in [4.69, 9.17) is 10.8 Å². The molecule has 0 radical (unpaired) electrons. The van der Waals surface area contributed by atoms with Crippen LogP contribution in [0.5, 0.6) is 0 Å². The molecule has 11 heavy (non-hydrogen) atoms. The van der Waals surface area contributed by atoms with Crippen LogP contribution in [0, 0.1) is 5.92 Å². The van der Waals surface area contributed by atoms with E-state index in [1.807, 2.05) is 0 Å². The molecule has 2 nitrogen and oxygen atoms in total. The van der Waals surface area contributed by atoms with Crippen molar-refractivity contribution in [2.24, 2.45) is 11.7 Å². The third-order valence-electron chi connectivity index (χ3n) is 1.97. The van der Waals surface area contributed by atoms with Gasteiger partial charge in [-0.3, -0.25) is 0 Å². The highest BCUT2D eigenvalue weighted by Crippen LogP contribution is 2.17. The first kappa shape index (κ1) is 10.9. The molecule has 1 unspecified atom stereocenters. The third kappa shape index (κ3) is 6.32. The molecule has 0 fully saturated rings. The summed E-state index contributed by atoms with van der Waals surface area (Å²) in [5.74, 6) is 0.630. The summed E-state index contributed by atoms with van der Waals surface area (Å²) in [6.07, 6.45) is 4.93. The van der Waals surface area contributed by atoms with E-state index in [-0.39, 0.29) is 0 Å². The van der Waals surface area contributed by atoms with Crippen molar-refractivity contribution >= 4 is 0 Å². The van der Waals surface area contributed by atoms with Gasteiger partial charge >= 0.3 is 0 Å². The molecule has 3 N–H and O–H groups in total. The summed E-state index contributed by atoms with van der Waals surface area (Å²) < 4.78 is 0. The molecule has 0 bridgehead atoms. The summed E-state index contributed by atoms with van der Waals surface area (Å²) in [5, 5.41) is 8.95. The molecule has 0 heterocycles. The van der Waals surface area contributed by atoms with E-state index in [9.17, 15) is 0 Å². The summed E-state index contributed by atoms with van der Waals surface area (Å²) in [4.78, 5) is 0. The van der Waals surface area contributed by atoms with Crippen LogP contribution in [0.1, 0.15) is 46.0 Å². The van der Waals surface area contributed by atoms with E-state index in [0.29, 0.717) is 5.92 Å². The van der Waals surface area contributed by atoms with Crippen molar-refractivity contribution in [2.75, 3.05) is 0 Å². The molecule has 0 aliphatic heterocycles. The lowest BCUT2D eigenvalue weighted by Crippen LogP contribution is -2.22. The van der Waals surface area contributed by atoms with Gasteiger partial charge in [0.15, 0.2) is 0 Å². The van der Waals surface area contributed by atoms with Gasteiger partial charge < -0.3 is 10.8 Å². The largest absolute Gasteiger partial charge is 0.379 e. The normalized spacial score (nSPS) is 13.9. The van der Waals surface area contributed by atoms with E-state index in [0.717, 1.165) is 6.42 Å². The first-order valence-electron chi connectivity index (χ1n) is 4.64. The lowest BCUT2D eigenvalue weighted by atomic mass is 9.94. The van der Waals surface area contributed by atoms with Gasteiger partial charge in [-0.15, -0.1) is 0 Å². The monoisotopic (exact) mass is 159 g/mol. The molecule has 0 aliphatic carbocycles. The molecule has 2 heteroatoms. The first-order valence-corrected chi connectivity index (χ1v) is 4.64. The van der Waals surface area contributed by atoms with Crippen LogP contribution < -0.4 is 5.73 Å². The zero-order valence-corrected chi connectivity index (χ0v) is 7.71. The number of hydrogen-bond acceptors (Lipinski definition) is 2. The predicted molar refractivity (Wildman–Crippen MR) is 48.1 cm³/mol. The van der Waals surface area contributed by atoms with Crippen molar-refractivity contribution in [1.29, 1.82) is 0 Å². The Morgan fingerprint density at radius 1 is 1.18 bits per heavy atom. The van der Waals surface area contributed by atoms with Crippen LogP contribution in [0.4, 0.5) is 0 Å². The molecule has 0 aliphatic rings. The molecule has 0 aromatic carbocycles. The fraction of sp³-hybridized carbons (Fsp3) is 1.00. The molecule has 0 amide bonds. The summed E-state index contributed by atoms with van der Waals surface area (Å²) in [5.41, 5.74) is 5.31. The van der Waals surface area contributed by atoms with Crippen LogP contribution in [0.15, 0.2) is 0 Å². The second-order valence-corrected chi connectivity index (χ2v) is 3.25. The SMILES string of the molecule is CCCC(CCC)CC(N)O. The number of rotatable bonds is 6. The highest BCUT2D eigenvalue weighted by molar-refractivity contribution is 4.60. The van der Waals surface area contributed by atoms with E-state index in [1.165, 1.54) is 25.7 Å². The highest BCUT2D eigenvalue weighted by Gasteiger charge is 2.09. The average Bonchev–Trinajstić information content (AvgIpc) is 1.87. The topological polar surface area (TPSA) is 46.2 Å². The molecule has 68 valence electrons. The van der Waals surface area contributed by atoms with Crippen LogP contribution in [-0.4, -0.2) is 11.3 Å². The van der Waals surface area contributed by atoms with Crippen molar-refractivity contribution in [3.63, 3.8) is 0 Å². The molecular weight excluding hydrogens is 138 g/mol. The van der Waals surface area contributed by atoms with Crippen LogP contribution >= 0.6 is 0 Å². The molecule has 0 aromatic rings. The second-order valence-electron chi connectivity index (χ2n) is 3.25. The molecule has 0 rings (SSSR count). The van der Waals surface area contributed by atoms with Crippen molar-refractivity contribution in [1.82, 2.24) is 0 Å². The minimum Gasteiger partial charge on any atom is -0.379 e. The third-order valence-corrected chi connectivity index (χ3v) is 1.97. The van der Waals surface area contributed by atoms with E-state index in [2.05, 4.69) is 13.8 Å². The lowest BCUT2D eigenvalue weighted by molar-refractivity contribution is 0.143. The van der Waals surface area contributed by atoms with Gasteiger partial charge in [-0.1, -0.05) is 39.5 Å². The summed E-state index contributed by atoms with van der Waals surface area (Å²) in [6, 6.07) is 0. The van der Waals surface area contributed by atoms with Crippen molar-refractivity contribution in [3.8, 4) is 0 Å². The Bertz CT molecular complexity index is 77.6. The van der Waals surface area contributed by atoms with Crippen LogP contribution in [0.3, 0.4) is 0 Å². The minimum absolute atomic E-state index is 0.613. The van der Waals surface area contributed by atoms with Gasteiger partial charge in [0.2, 0.25) is 0 Å². The predicted octanol–water partition coefficient (Wildman–Crippen LogP) is 1.87. The average molecular weight is 159 g/mol. The Hall–Kier alpha value is -0.0800. The van der Waals surface area contributed by atoms with Crippen molar-refractivity contribution < 1.29 is 5.11 Å². The second kappa shape index (κ2) is 6.62. The number of nitrogens with two attached hydrogens (primary N) is 1. The highest BCUT2D eigenvalue weighted by atomic mass is 16.3. The number of hydrogen-bond donors (Lipinski definition) is 2. The van der Waals surface area contributed by atoms with E-state index < -0.39 is 6.23 Å². The molecule has 0 saturated carbocycles. The molecule has 0 aromatic heterocycles. The fourth-order valence-corrected chi connectivity index (χ4v) is 1.54. The van der Waals surface area contributed by atoms with Crippen LogP contribution in [-0.2, 0) is 0 Å². The van der Waals surface area contributed by atoms with Gasteiger partial charge in [0.05, 0.1) is 0 Å². The fourth-order valence-electron chi connectivity index (χ4n) is 1.54. The molecular formula is C9H21NO. The maximum atomic E-state index is 8.95. The summed E-state index contributed by atoms with van der Waals surface area (Å²) in [6.45, 7) is 4.34. The Balaban J connectivity index is 3.50. The lowest BCUT2D eigenvalue weighted by Gasteiger charge is -2.16. The molecule has 1 atom stereocenters. The Morgan fingerprint density at radius 3 is 1.91 bits per heavy atom. The number of aliphatic hydroxyl groups is 1. The maximum Gasteiger partial charge on any atom is 0.102 e. The Morgan fingerprint density at radius 2 is 1.64 bits per heavy atom. The van der Waals surface area contributed by atoms with Gasteiger partial charge in [0, 0.05) is 0 Å². The van der Waals surface area contributed by atoms with Gasteiger partial charge in [-0.2, -0.15) is 0 Å². The standard InChI is InChI=1S/C9H21NO/c1-3-5-8(6-4-2)7-9(10)11/h8-9,11H,3-7,10H2,1-2H3. The number of aliphatic hydroxyl groups excluding tert-OH is 1. The zero-order chi connectivity index (χ0) is 8.69. The maximum absolute atomic E-state index is 8.95. The van der Waals surface area contributed by atoms with Gasteiger partial charge in [-0.25, -0.2) is 0 Å².